The fraction of sp³-hybridized carbons (Fsp3) is 0.885. The number of nitrogens with one attached hydrogen (secondary N) is 1. The first-order valence-corrected chi connectivity index (χ1v) is 14.6. The van der Waals surface area contributed by atoms with Crippen LogP contribution in [0, 0.1) is 0 Å². The molecule has 0 aromatic heterocycles. The van der Waals surface area contributed by atoms with Gasteiger partial charge >= 0.3 is 11.9 Å². The number of thioether (sulfide) groups is 1. The molecule has 0 saturated carbocycles. The van der Waals surface area contributed by atoms with Crippen molar-refractivity contribution in [3.8, 4) is 0 Å². The van der Waals surface area contributed by atoms with Crippen LogP contribution in [-0.4, -0.2) is 66.9 Å². The van der Waals surface area contributed by atoms with Gasteiger partial charge < -0.3 is 25.6 Å². The highest BCUT2D eigenvalue weighted by molar-refractivity contribution is 7.99. The van der Waals surface area contributed by atoms with Crippen LogP contribution in [0.3, 0.4) is 0 Å². The van der Waals surface area contributed by atoms with Crippen LogP contribution in [0.4, 0.5) is 0 Å². The molecular formula is C26H50N2O6S. The number of hydrogen-bond acceptors (Lipinski definition) is 8. The normalized spacial score (nSPS) is 12.7. The largest absolute Gasteiger partial charge is 0.467 e. The molecule has 0 spiro atoms. The number of amides is 1. The lowest BCUT2D eigenvalue weighted by atomic mass is 10.0. The summed E-state index contributed by atoms with van der Waals surface area (Å²) in [5, 5.41) is 11.5. The molecule has 4 N–H and O–H groups in total. The summed E-state index contributed by atoms with van der Waals surface area (Å²) in [5.41, 5.74) is 5.81. The van der Waals surface area contributed by atoms with Crippen molar-refractivity contribution in [2.75, 3.05) is 31.8 Å². The van der Waals surface area contributed by atoms with Gasteiger partial charge in [-0.05, 0) is 18.6 Å². The van der Waals surface area contributed by atoms with Gasteiger partial charge in [-0.2, -0.15) is 11.8 Å². The van der Waals surface area contributed by atoms with Gasteiger partial charge in [-0.3, -0.25) is 9.59 Å². The average molecular weight is 519 g/mol. The minimum absolute atomic E-state index is 0.146. The van der Waals surface area contributed by atoms with Crippen molar-refractivity contribution in [3.05, 3.63) is 0 Å². The van der Waals surface area contributed by atoms with E-state index in [9.17, 15) is 14.4 Å². The summed E-state index contributed by atoms with van der Waals surface area (Å²) in [4.78, 5) is 35.2. The molecule has 0 aliphatic heterocycles. The number of carbonyl (C=O) groups is 3. The van der Waals surface area contributed by atoms with E-state index in [4.69, 9.17) is 15.6 Å². The molecule has 0 aromatic rings. The van der Waals surface area contributed by atoms with Crippen molar-refractivity contribution in [1.82, 2.24) is 5.32 Å². The number of aliphatic hydroxyl groups is 1. The number of nitrogens with two attached hydrogens (primary N) is 1. The lowest BCUT2D eigenvalue weighted by molar-refractivity contribution is -0.146. The summed E-state index contributed by atoms with van der Waals surface area (Å²) in [7, 11) is 1.18. The highest BCUT2D eigenvalue weighted by Gasteiger charge is 2.23. The third kappa shape index (κ3) is 20.6. The molecule has 0 aromatic carbocycles. The highest BCUT2D eigenvalue weighted by atomic mass is 32.2. The molecule has 1 amide bonds. The molecule has 9 heteroatoms. The van der Waals surface area contributed by atoms with E-state index in [1.54, 1.807) is 0 Å². The maximum absolute atomic E-state index is 12.0. The average Bonchev–Trinajstić information content (AvgIpc) is 2.86. The summed E-state index contributed by atoms with van der Waals surface area (Å²) in [5.74, 6) is -0.328. The summed E-state index contributed by atoms with van der Waals surface area (Å²) < 4.78 is 9.76. The van der Waals surface area contributed by atoms with Crippen LogP contribution in [-0.2, 0) is 23.9 Å². The zero-order valence-corrected chi connectivity index (χ0v) is 22.9. The molecule has 206 valence electrons. The second-order valence-electron chi connectivity index (χ2n) is 9.01. The Bertz CT molecular complexity index is 550. The Hall–Kier alpha value is -1.32. The van der Waals surface area contributed by atoms with Crippen LogP contribution in [0.5, 0.6) is 0 Å². The molecular weight excluding hydrogens is 468 g/mol. The predicted octanol–water partition coefficient (Wildman–Crippen LogP) is 4.11. The van der Waals surface area contributed by atoms with Crippen LogP contribution in [0.25, 0.3) is 0 Å². The zero-order chi connectivity index (χ0) is 26.2. The van der Waals surface area contributed by atoms with E-state index in [0.717, 1.165) is 12.8 Å². The number of ether oxygens (including phenoxy) is 2. The molecule has 0 aliphatic rings. The Kier molecular flexibility index (Phi) is 23.5. The van der Waals surface area contributed by atoms with Crippen molar-refractivity contribution in [3.63, 3.8) is 0 Å². The molecule has 0 saturated heterocycles. The molecule has 0 heterocycles. The van der Waals surface area contributed by atoms with Gasteiger partial charge in [0.25, 0.3) is 0 Å². The van der Waals surface area contributed by atoms with Crippen LogP contribution in [0.2, 0.25) is 0 Å². The SMILES string of the molecule is CCCCCCCCCCCCCCCC(=O)OCCCSC[C@@H](N)C(=O)N[C@@H](CO)C(=O)OC. The standard InChI is InChI=1S/C26H50N2O6S/c1-3-4-5-6-7-8-9-10-11-12-13-14-15-17-24(30)34-18-16-19-35-21-22(27)25(31)28-23(20-29)26(32)33-2/h22-23,29H,3-21,27H2,1-2H3,(H,28,31)/t22-,23+/m1/s1. The van der Waals surface area contributed by atoms with E-state index < -0.39 is 30.6 Å². The number of hydrogen-bond donors (Lipinski definition) is 3. The molecule has 8 nitrogen and oxygen atoms in total. The molecule has 0 bridgehead atoms. The molecule has 0 unspecified atom stereocenters. The van der Waals surface area contributed by atoms with Crippen molar-refractivity contribution < 1.29 is 29.0 Å². The van der Waals surface area contributed by atoms with Crippen molar-refractivity contribution in [2.45, 2.75) is 115 Å². The lowest BCUT2D eigenvalue weighted by Crippen LogP contribution is -2.51. The van der Waals surface area contributed by atoms with Crippen LogP contribution >= 0.6 is 11.8 Å². The van der Waals surface area contributed by atoms with Gasteiger partial charge in [0.2, 0.25) is 5.91 Å². The van der Waals surface area contributed by atoms with Gasteiger partial charge in [-0.15, -0.1) is 0 Å². The molecule has 0 fully saturated rings. The Balaban J connectivity index is 3.51. The minimum atomic E-state index is -1.11. The predicted molar refractivity (Wildman–Crippen MR) is 142 cm³/mol. The molecule has 0 rings (SSSR count). The molecule has 0 aliphatic carbocycles. The van der Waals surface area contributed by atoms with Gasteiger partial charge in [-0.25, -0.2) is 4.79 Å². The Morgan fingerprint density at radius 2 is 1.43 bits per heavy atom. The number of unbranched alkanes of at least 4 members (excludes halogenated alkanes) is 12. The number of aliphatic hydroxyl groups excluding tert-OH is 1. The monoisotopic (exact) mass is 518 g/mol. The van der Waals surface area contributed by atoms with Crippen LogP contribution in [0.1, 0.15) is 103 Å². The van der Waals surface area contributed by atoms with Gasteiger partial charge in [0.1, 0.15) is 0 Å². The van der Waals surface area contributed by atoms with E-state index in [-0.39, 0.29) is 5.97 Å². The summed E-state index contributed by atoms with van der Waals surface area (Å²) in [6.45, 7) is 2.06. The van der Waals surface area contributed by atoms with Gasteiger partial charge in [-0.1, -0.05) is 84.0 Å². The summed E-state index contributed by atoms with van der Waals surface area (Å²) in [6, 6.07) is -1.92. The van der Waals surface area contributed by atoms with Crippen molar-refractivity contribution in [1.29, 1.82) is 0 Å². The van der Waals surface area contributed by atoms with E-state index in [1.165, 1.54) is 89.5 Å². The van der Waals surface area contributed by atoms with E-state index in [0.29, 0.717) is 31.0 Å². The molecule has 0 radical (unpaired) electrons. The Morgan fingerprint density at radius 1 is 0.886 bits per heavy atom. The van der Waals surface area contributed by atoms with E-state index >= 15 is 0 Å². The first-order valence-electron chi connectivity index (χ1n) is 13.4. The molecule has 35 heavy (non-hydrogen) atoms. The first-order chi connectivity index (χ1) is 17.0. The lowest BCUT2D eigenvalue weighted by Gasteiger charge is -2.17. The Morgan fingerprint density at radius 3 is 1.94 bits per heavy atom. The second kappa shape index (κ2) is 24.4. The number of carbonyl (C=O) groups excluding carboxylic acids is 3. The van der Waals surface area contributed by atoms with E-state index in [2.05, 4.69) is 17.0 Å². The maximum atomic E-state index is 12.0. The molecule has 2 atom stereocenters. The van der Waals surface area contributed by atoms with Gasteiger partial charge in [0, 0.05) is 12.2 Å². The second-order valence-corrected chi connectivity index (χ2v) is 10.2. The third-order valence-electron chi connectivity index (χ3n) is 5.80. The van der Waals surface area contributed by atoms with E-state index in [1.807, 2.05) is 0 Å². The number of methoxy groups -OCH3 is 1. The smallest absolute Gasteiger partial charge is 0.330 e. The quantitative estimate of drug-likeness (QED) is 0.129. The fourth-order valence-electron chi connectivity index (χ4n) is 3.59. The van der Waals surface area contributed by atoms with Gasteiger partial charge in [0.05, 0.1) is 26.4 Å². The summed E-state index contributed by atoms with van der Waals surface area (Å²) >= 11 is 1.47. The van der Waals surface area contributed by atoms with Gasteiger partial charge in [0.15, 0.2) is 6.04 Å². The van der Waals surface area contributed by atoms with Crippen molar-refractivity contribution in [2.24, 2.45) is 5.73 Å². The number of rotatable bonds is 24. The highest BCUT2D eigenvalue weighted by Crippen LogP contribution is 2.13. The summed E-state index contributed by atoms with van der Waals surface area (Å²) in [6.07, 6.45) is 17.8. The van der Waals surface area contributed by atoms with Crippen LogP contribution < -0.4 is 11.1 Å². The first kappa shape index (κ1) is 33.7. The fourth-order valence-corrected chi connectivity index (χ4v) is 4.49. The number of esters is 2. The topological polar surface area (TPSA) is 128 Å². The van der Waals surface area contributed by atoms with Crippen LogP contribution in [0.15, 0.2) is 0 Å². The third-order valence-corrected chi connectivity index (χ3v) is 6.97. The zero-order valence-electron chi connectivity index (χ0n) is 22.1. The minimum Gasteiger partial charge on any atom is -0.467 e. The Labute approximate surface area is 216 Å². The van der Waals surface area contributed by atoms with Crippen molar-refractivity contribution >= 4 is 29.6 Å². The maximum Gasteiger partial charge on any atom is 0.330 e.